The maximum absolute atomic E-state index is 12.9. The number of hydrogen-bond donors (Lipinski definition) is 0. The molecule has 136 valence electrons. The number of aryl methyl sites for hydroxylation is 3. The maximum atomic E-state index is 12.9. The van der Waals surface area contributed by atoms with E-state index >= 15 is 0 Å². The van der Waals surface area contributed by atoms with Gasteiger partial charge in [-0.15, -0.1) is 10.2 Å². The average molecular weight is 364 g/mol. The number of hydrogen-bond acceptors (Lipinski definition) is 6. The molecule has 7 nitrogen and oxygen atoms in total. The van der Waals surface area contributed by atoms with Gasteiger partial charge in [-0.2, -0.15) is 4.31 Å². The van der Waals surface area contributed by atoms with Crippen molar-refractivity contribution in [2.45, 2.75) is 32.1 Å². The minimum Gasteiger partial charge on any atom is -0.426 e. The largest absolute Gasteiger partial charge is 0.426 e. The molecule has 0 unspecified atom stereocenters. The highest BCUT2D eigenvalue weighted by Gasteiger charge is 2.29. The summed E-state index contributed by atoms with van der Waals surface area (Å²) in [6, 6.07) is 5.56. The van der Waals surface area contributed by atoms with Crippen LogP contribution in [0, 0.1) is 20.8 Å². The molecule has 0 saturated carbocycles. The molecule has 8 heteroatoms. The van der Waals surface area contributed by atoms with E-state index in [-0.39, 0.29) is 0 Å². The van der Waals surface area contributed by atoms with E-state index in [4.69, 9.17) is 4.42 Å². The fourth-order valence-corrected chi connectivity index (χ4v) is 4.74. The Morgan fingerprint density at radius 2 is 1.80 bits per heavy atom. The second-order valence-electron chi connectivity index (χ2n) is 6.48. The SMILES string of the molecule is Cc1ccc(C)c(S(=O)(=O)N2CCN(CCc3nnc(C)o3)CC2)c1. The molecular formula is C17H24N4O3S. The van der Waals surface area contributed by atoms with Crippen LogP contribution in [0.15, 0.2) is 27.5 Å². The van der Waals surface area contributed by atoms with Crippen molar-refractivity contribution < 1.29 is 12.8 Å². The third-order valence-corrected chi connectivity index (χ3v) is 6.54. The predicted octanol–water partition coefficient (Wildman–Crippen LogP) is 1.54. The standard InChI is InChI=1S/C17H24N4O3S/c1-13-4-5-14(2)16(12-13)25(22,23)21-10-8-20(9-11-21)7-6-17-19-18-15(3)24-17/h4-5,12H,6-11H2,1-3H3. The van der Waals surface area contributed by atoms with Gasteiger partial charge in [-0.3, -0.25) is 0 Å². The monoisotopic (exact) mass is 364 g/mol. The lowest BCUT2D eigenvalue weighted by Crippen LogP contribution is -2.49. The van der Waals surface area contributed by atoms with Crippen LogP contribution < -0.4 is 0 Å². The highest BCUT2D eigenvalue weighted by molar-refractivity contribution is 7.89. The molecule has 1 aromatic heterocycles. The molecule has 1 aliphatic heterocycles. The third kappa shape index (κ3) is 4.08. The van der Waals surface area contributed by atoms with Gasteiger partial charge in [-0.1, -0.05) is 12.1 Å². The van der Waals surface area contributed by atoms with E-state index in [1.165, 1.54) is 0 Å². The molecule has 2 heterocycles. The van der Waals surface area contributed by atoms with E-state index in [0.29, 0.717) is 49.3 Å². The molecule has 0 bridgehead atoms. The average Bonchev–Trinajstić information content (AvgIpc) is 3.01. The van der Waals surface area contributed by atoms with Gasteiger partial charge < -0.3 is 9.32 Å². The molecule has 1 aliphatic rings. The van der Waals surface area contributed by atoms with E-state index in [9.17, 15) is 8.42 Å². The molecule has 0 atom stereocenters. The van der Waals surface area contributed by atoms with E-state index in [1.54, 1.807) is 17.3 Å². The number of sulfonamides is 1. The van der Waals surface area contributed by atoms with Gasteiger partial charge in [0.25, 0.3) is 0 Å². The first-order chi connectivity index (χ1) is 11.9. The van der Waals surface area contributed by atoms with Gasteiger partial charge >= 0.3 is 0 Å². The van der Waals surface area contributed by atoms with Crippen molar-refractivity contribution in [3.05, 3.63) is 41.1 Å². The molecule has 3 rings (SSSR count). The van der Waals surface area contributed by atoms with Gasteiger partial charge in [-0.05, 0) is 31.0 Å². The molecule has 0 amide bonds. The zero-order chi connectivity index (χ0) is 18.0. The number of nitrogens with zero attached hydrogens (tertiary/aromatic N) is 4. The van der Waals surface area contributed by atoms with E-state index in [0.717, 1.165) is 17.7 Å². The summed E-state index contributed by atoms with van der Waals surface area (Å²) in [5.41, 5.74) is 1.75. The molecule has 1 aromatic carbocycles. The van der Waals surface area contributed by atoms with Gasteiger partial charge in [0, 0.05) is 46.1 Å². The summed E-state index contributed by atoms with van der Waals surface area (Å²) in [4.78, 5) is 2.65. The van der Waals surface area contributed by atoms with Crippen molar-refractivity contribution in [3.8, 4) is 0 Å². The van der Waals surface area contributed by atoms with Crippen LogP contribution in [-0.2, 0) is 16.4 Å². The van der Waals surface area contributed by atoms with Crippen molar-refractivity contribution in [2.24, 2.45) is 0 Å². The molecule has 1 saturated heterocycles. The second kappa shape index (κ2) is 7.23. The zero-order valence-corrected chi connectivity index (χ0v) is 15.7. The Hall–Kier alpha value is -1.77. The molecule has 1 fully saturated rings. The van der Waals surface area contributed by atoms with Crippen LogP contribution in [0.1, 0.15) is 22.9 Å². The summed E-state index contributed by atoms with van der Waals surface area (Å²) >= 11 is 0. The van der Waals surface area contributed by atoms with Crippen LogP contribution in [0.4, 0.5) is 0 Å². The maximum Gasteiger partial charge on any atom is 0.243 e. The van der Waals surface area contributed by atoms with Gasteiger partial charge in [0.2, 0.25) is 21.8 Å². The van der Waals surface area contributed by atoms with Crippen LogP contribution in [0.25, 0.3) is 0 Å². The molecule has 2 aromatic rings. The Balaban J connectivity index is 1.60. The van der Waals surface area contributed by atoms with E-state index in [2.05, 4.69) is 15.1 Å². The molecule has 0 radical (unpaired) electrons. The van der Waals surface area contributed by atoms with Crippen molar-refractivity contribution >= 4 is 10.0 Å². The van der Waals surface area contributed by atoms with Crippen molar-refractivity contribution in [1.29, 1.82) is 0 Å². The van der Waals surface area contributed by atoms with Gasteiger partial charge in [0.05, 0.1) is 4.90 Å². The Morgan fingerprint density at radius 3 is 2.44 bits per heavy atom. The molecule has 25 heavy (non-hydrogen) atoms. The van der Waals surface area contributed by atoms with Crippen LogP contribution in [0.2, 0.25) is 0 Å². The van der Waals surface area contributed by atoms with Crippen molar-refractivity contribution in [2.75, 3.05) is 32.7 Å². The summed E-state index contributed by atoms with van der Waals surface area (Å²) in [5, 5.41) is 7.81. The lowest BCUT2D eigenvalue weighted by molar-refractivity contribution is 0.186. The Kier molecular flexibility index (Phi) is 5.21. The molecule has 0 spiro atoms. The number of aromatic nitrogens is 2. The first-order valence-corrected chi connectivity index (χ1v) is 9.89. The molecule has 0 aliphatic carbocycles. The summed E-state index contributed by atoms with van der Waals surface area (Å²) in [6.07, 6.45) is 0.685. The van der Waals surface area contributed by atoms with E-state index < -0.39 is 10.0 Å². The molecule has 0 N–H and O–H groups in total. The van der Waals surface area contributed by atoms with Crippen LogP contribution in [0.5, 0.6) is 0 Å². The fourth-order valence-electron chi connectivity index (χ4n) is 3.01. The first-order valence-electron chi connectivity index (χ1n) is 8.45. The van der Waals surface area contributed by atoms with Crippen LogP contribution in [0.3, 0.4) is 0 Å². The first kappa shape index (κ1) is 18.0. The fraction of sp³-hybridized carbons (Fsp3) is 0.529. The quantitative estimate of drug-likeness (QED) is 0.801. The van der Waals surface area contributed by atoms with Crippen molar-refractivity contribution in [1.82, 2.24) is 19.4 Å². The second-order valence-corrected chi connectivity index (χ2v) is 8.39. The van der Waals surface area contributed by atoms with Crippen molar-refractivity contribution in [3.63, 3.8) is 0 Å². The van der Waals surface area contributed by atoms with Gasteiger partial charge in [0.1, 0.15) is 0 Å². The van der Waals surface area contributed by atoms with E-state index in [1.807, 2.05) is 26.0 Å². The smallest absolute Gasteiger partial charge is 0.243 e. The lowest BCUT2D eigenvalue weighted by atomic mass is 10.2. The predicted molar refractivity (Wildman–Crippen MR) is 93.9 cm³/mol. The number of rotatable bonds is 5. The highest BCUT2D eigenvalue weighted by Crippen LogP contribution is 2.22. The summed E-state index contributed by atoms with van der Waals surface area (Å²) < 4.78 is 32.8. The topological polar surface area (TPSA) is 79.5 Å². The normalized spacial score (nSPS) is 17.1. The Labute approximate surface area is 148 Å². The minimum absolute atomic E-state index is 0.419. The van der Waals surface area contributed by atoms with Gasteiger partial charge in [-0.25, -0.2) is 8.42 Å². The molecular weight excluding hydrogens is 340 g/mol. The number of piperazine rings is 1. The Morgan fingerprint density at radius 1 is 1.08 bits per heavy atom. The highest BCUT2D eigenvalue weighted by atomic mass is 32.2. The van der Waals surface area contributed by atoms with Gasteiger partial charge in [0.15, 0.2) is 0 Å². The summed E-state index contributed by atoms with van der Waals surface area (Å²) in [6.45, 7) is 8.72. The summed E-state index contributed by atoms with van der Waals surface area (Å²) in [7, 11) is -3.44. The lowest BCUT2D eigenvalue weighted by Gasteiger charge is -2.34. The third-order valence-electron chi connectivity index (χ3n) is 4.50. The van der Waals surface area contributed by atoms with Crippen LogP contribution >= 0.6 is 0 Å². The minimum atomic E-state index is -3.44. The number of benzene rings is 1. The summed E-state index contributed by atoms with van der Waals surface area (Å²) in [5.74, 6) is 1.20. The zero-order valence-electron chi connectivity index (χ0n) is 14.9. The Bertz CT molecular complexity index is 839. The van der Waals surface area contributed by atoms with Crippen LogP contribution in [-0.4, -0.2) is 60.5 Å².